The van der Waals surface area contributed by atoms with Crippen molar-refractivity contribution in [3.8, 4) is 0 Å². The molecule has 2 fully saturated rings. The summed E-state index contributed by atoms with van der Waals surface area (Å²) in [5.41, 5.74) is 4.54. The van der Waals surface area contributed by atoms with Crippen LogP contribution in [0.5, 0.6) is 0 Å². The predicted molar refractivity (Wildman–Crippen MR) is 123 cm³/mol. The van der Waals surface area contributed by atoms with E-state index in [1.165, 1.54) is 24.4 Å². The van der Waals surface area contributed by atoms with E-state index < -0.39 is 5.97 Å². The van der Waals surface area contributed by atoms with Gasteiger partial charge in [-0.15, -0.1) is 5.10 Å². The van der Waals surface area contributed by atoms with Crippen molar-refractivity contribution in [1.82, 2.24) is 25.1 Å². The third-order valence-corrected chi connectivity index (χ3v) is 6.76. The number of anilines is 2. The molecule has 33 heavy (non-hydrogen) atoms. The minimum absolute atomic E-state index is 0.0222. The van der Waals surface area contributed by atoms with Gasteiger partial charge in [0.2, 0.25) is 0 Å². The quantitative estimate of drug-likeness (QED) is 0.549. The van der Waals surface area contributed by atoms with Crippen LogP contribution in [0.25, 0.3) is 0 Å². The fraction of sp³-hybridized carbons (Fsp3) is 0.417. The summed E-state index contributed by atoms with van der Waals surface area (Å²) in [6, 6.07) is 5.93. The van der Waals surface area contributed by atoms with Gasteiger partial charge in [-0.25, -0.2) is 14.8 Å². The van der Waals surface area contributed by atoms with E-state index in [4.69, 9.17) is 4.74 Å². The zero-order chi connectivity index (χ0) is 23.0. The molecule has 9 nitrogen and oxygen atoms in total. The number of aromatic nitrogens is 5. The Bertz CT molecular complexity index is 1160. The van der Waals surface area contributed by atoms with Crippen molar-refractivity contribution in [2.45, 2.75) is 38.6 Å². The number of pyridine rings is 1. The molecule has 3 aromatic heterocycles. The van der Waals surface area contributed by atoms with Crippen molar-refractivity contribution < 1.29 is 9.53 Å². The average Bonchev–Trinajstić information content (AvgIpc) is 3.61. The lowest BCUT2D eigenvalue weighted by Crippen LogP contribution is -2.56. The second-order valence-electron chi connectivity index (χ2n) is 8.77. The van der Waals surface area contributed by atoms with Gasteiger partial charge >= 0.3 is 5.97 Å². The number of carbonyl (C=O) groups is 1. The molecule has 0 amide bonds. The van der Waals surface area contributed by atoms with Crippen LogP contribution < -0.4 is 9.80 Å². The van der Waals surface area contributed by atoms with E-state index in [1.807, 2.05) is 18.2 Å². The number of piperazine rings is 1. The van der Waals surface area contributed by atoms with Crippen LogP contribution >= 0.6 is 0 Å². The molecule has 0 atom stereocenters. The molecule has 0 unspecified atom stereocenters. The lowest BCUT2D eigenvalue weighted by Gasteiger charge is -2.43. The van der Waals surface area contributed by atoms with Crippen molar-refractivity contribution in [2.24, 2.45) is 0 Å². The molecule has 0 aromatic carbocycles. The maximum absolute atomic E-state index is 11.7. The third kappa shape index (κ3) is 3.99. The summed E-state index contributed by atoms with van der Waals surface area (Å²) in [6.07, 6.45) is 7.83. The molecule has 5 rings (SSSR count). The molecule has 0 radical (unpaired) electrons. The number of hydrogen-bond acceptors (Lipinski definition) is 9. The van der Waals surface area contributed by atoms with Crippen LogP contribution in [0.2, 0.25) is 0 Å². The predicted octanol–water partition coefficient (Wildman–Crippen LogP) is 2.52. The van der Waals surface area contributed by atoms with Crippen LogP contribution in [-0.2, 0) is 11.2 Å². The topological polar surface area (TPSA) is 97.2 Å². The Kier molecular flexibility index (Phi) is 5.39. The summed E-state index contributed by atoms with van der Waals surface area (Å²) >= 11 is 0. The number of methoxy groups -OCH3 is 1. The van der Waals surface area contributed by atoms with Crippen LogP contribution in [-0.4, -0.2) is 63.4 Å². The fourth-order valence-corrected chi connectivity index (χ4v) is 4.54. The van der Waals surface area contributed by atoms with Crippen molar-refractivity contribution >= 4 is 17.6 Å². The van der Waals surface area contributed by atoms with Crippen molar-refractivity contribution in [3.05, 3.63) is 65.0 Å². The molecular weight excluding hydrogens is 418 g/mol. The molecule has 1 aliphatic carbocycles. The summed E-state index contributed by atoms with van der Waals surface area (Å²) in [5.74, 6) is 1.27. The first kappa shape index (κ1) is 21.2. The lowest BCUT2D eigenvalue weighted by atomic mass is 10.0. The number of esters is 1. The van der Waals surface area contributed by atoms with Crippen LogP contribution in [0.3, 0.4) is 0 Å². The number of carbonyl (C=O) groups excluding carboxylic acids is 1. The molecule has 170 valence electrons. The van der Waals surface area contributed by atoms with Gasteiger partial charge in [-0.3, -0.25) is 4.98 Å². The summed E-state index contributed by atoms with van der Waals surface area (Å²) in [4.78, 5) is 29.5. The van der Waals surface area contributed by atoms with E-state index in [1.54, 1.807) is 12.4 Å². The van der Waals surface area contributed by atoms with Crippen molar-refractivity contribution in [1.29, 1.82) is 0 Å². The van der Waals surface area contributed by atoms with E-state index in [2.05, 4.69) is 48.8 Å². The van der Waals surface area contributed by atoms with E-state index in [-0.39, 0.29) is 11.2 Å². The third-order valence-electron chi connectivity index (χ3n) is 6.76. The Hall–Kier alpha value is -3.62. The maximum atomic E-state index is 11.7. The maximum Gasteiger partial charge on any atom is 0.358 e. The summed E-state index contributed by atoms with van der Waals surface area (Å²) in [7, 11) is 1.34. The van der Waals surface area contributed by atoms with Gasteiger partial charge in [0, 0.05) is 37.9 Å². The standard InChI is InChI=1S/C24H27N7O2/c1-16-17(2)22(29-28-19(16)12-18-6-4-5-9-25-18)30-10-11-31(24(15-30)7-8-24)21-14-26-20(13-27-21)23(32)33-3/h4-6,9,13-14H,7-8,10-12,15H2,1-3H3. The molecule has 2 aliphatic rings. The zero-order valence-corrected chi connectivity index (χ0v) is 19.2. The van der Waals surface area contributed by atoms with Gasteiger partial charge in [0.25, 0.3) is 0 Å². The highest BCUT2D eigenvalue weighted by molar-refractivity contribution is 5.86. The first-order chi connectivity index (χ1) is 16.0. The minimum atomic E-state index is -0.476. The zero-order valence-electron chi connectivity index (χ0n) is 19.2. The Morgan fingerprint density at radius 1 is 1.06 bits per heavy atom. The Morgan fingerprint density at radius 3 is 2.58 bits per heavy atom. The van der Waals surface area contributed by atoms with Crippen LogP contribution in [0, 0.1) is 13.8 Å². The molecule has 1 saturated heterocycles. The molecule has 1 aliphatic heterocycles. The molecule has 0 bridgehead atoms. The monoisotopic (exact) mass is 445 g/mol. The van der Waals surface area contributed by atoms with Crippen LogP contribution in [0.1, 0.15) is 45.8 Å². The highest BCUT2D eigenvalue weighted by atomic mass is 16.5. The number of rotatable bonds is 5. The van der Waals surface area contributed by atoms with Gasteiger partial charge < -0.3 is 14.5 Å². The van der Waals surface area contributed by atoms with Crippen molar-refractivity contribution in [2.75, 3.05) is 36.5 Å². The smallest absolute Gasteiger partial charge is 0.358 e. The molecule has 1 saturated carbocycles. The van der Waals surface area contributed by atoms with E-state index in [0.717, 1.165) is 55.5 Å². The molecular formula is C24H27N7O2. The molecule has 3 aromatic rings. The number of ether oxygens (including phenoxy) is 1. The van der Waals surface area contributed by atoms with E-state index >= 15 is 0 Å². The second kappa shape index (κ2) is 8.38. The molecule has 1 spiro atoms. The van der Waals surface area contributed by atoms with Gasteiger partial charge in [-0.2, -0.15) is 5.10 Å². The molecule has 0 N–H and O–H groups in total. The van der Waals surface area contributed by atoms with Crippen LogP contribution in [0.15, 0.2) is 36.8 Å². The van der Waals surface area contributed by atoms with E-state index in [9.17, 15) is 4.79 Å². The average molecular weight is 446 g/mol. The first-order valence-electron chi connectivity index (χ1n) is 11.2. The summed E-state index contributed by atoms with van der Waals surface area (Å²) in [6.45, 7) is 6.73. The Morgan fingerprint density at radius 2 is 1.91 bits per heavy atom. The lowest BCUT2D eigenvalue weighted by molar-refractivity contribution is 0.0593. The largest absolute Gasteiger partial charge is 0.464 e. The Labute approximate surface area is 192 Å². The van der Waals surface area contributed by atoms with Gasteiger partial charge in [-0.05, 0) is 49.9 Å². The number of nitrogens with zero attached hydrogens (tertiary/aromatic N) is 7. The summed E-state index contributed by atoms with van der Waals surface area (Å²) < 4.78 is 4.72. The SMILES string of the molecule is COC(=O)c1cnc(N2CCN(c3nnc(Cc4ccccn4)c(C)c3C)CC23CC3)cn1. The Balaban J connectivity index is 1.34. The van der Waals surface area contributed by atoms with Crippen molar-refractivity contribution in [3.63, 3.8) is 0 Å². The molecule has 4 heterocycles. The molecule has 9 heteroatoms. The van der Waals surface area contributed by atoms with Crippen LogP contribution in [0.4, 0.5) is 11.6 Å². The first-order valence-corrected chi connectivity index (χ1v) is 11.2. The highest BCUT2D eigenvalue weighted by Gasteiger charge is 2.52. The van der Waals surface area contributed by atoms with E-state index in [0.29, 0.717) is 6.42 Å². The van der Waals surface area contributed by atoms with Gasteiger partial charge in [0.15, 0.2) is 11.5 Å². The second-order valence-corrected chi connectivity index (χ2v) is 8.77. The normalized spacial score (nSPS) is 16.7. The highest BCUT2D eigenvalue weighted by Crippen LogP contribution is 2.46. The minimum Gasteiger partial charge on any atom is -0.464 e. The van der Waals surface area contributed by atoms with Gasteiger partial charge in [0.05, 0.1) is 30.7 Å². The fourth-order valence-electron chi connectivity index (χ4n) is 4.54. The van der Waals surface area contributed by atoms with Gasteiger partial charge in [0.1, 0.15) is 5.82 Å². The van der Waals surface area contributed by atoms with Gasteiger partial charge in [-0.1, -0.05) is 6.07 Å². The number of hydrogen-bond donors (Lipinski definition) is 0. The summed E-state index contributed by atoms with van der Waals surface area (Å²) in [5, 5.41) is 9.22.